The molecule has 0 saturated carbocycles. The van der Waals surface area contributed by atoms with Crippen molar-refractivity contribution in [3.05, 3.63) is 51.4 Å². The number of nitrogens with two attached hydrogens (primary N) is 1. The van der Waals surface area contributed by atoms with Crippen LogP contribution in [0.3, 0.4) is 0 Å². The number of primary sulfonamides is 1. The Morgan fingerprint density at radius 1 is 1.32 bits per heavy atom. The van der Waals surface area contributed by atoms with Gasteiger partial charge in [-0.15, -0.1) is 11.3 Å². The average molecular weight is 359 g/mol. The Morgan fingerprint density at radius 3 is 2.50 bits per heavy atom. The number of thiophene rings is 1. The molecule has 1 aromatic carbocycles. The van der Waals surface area contributed by atoms with Gasteiger partial charge in [-0.05, 0) is 42.7 Å². The minimum absolute atomic E-state index is 0.00662. The summed E-state index contributed by atoms with van der Waals surface area (Å²) in [6.45, 7) is 2.13. The van der Waals surface area contributed by atoms with Crippen molar-refractivity contribution < 1.29 is 13.2 Å². The molecule has 5 nitrogen and oxygen atoms in total. The first-order chi connectivity index (χ1) is 10.3. The van der Waals surface area contributed by atoms with Crippen molar-refractivity contribution >= 4 is 38.9 Å². The number of aryl methyl sites for hydroxylation is 1. The maximum Gasteiger partial charge on any atom is 0.261 e. The van der Waals surface area contributed by atoms with Crippen molar-refractivity contribution in [2.75, 3.05) is 6.54 Å². The molecule has 8 heteroatoms. The lowest BCUT2D eigenvalue weighted by Gasteiger charge is -2.05. The van der Waals surface area contributed by atoms with Crippen LogP contribution in [-0.2, 0) is 16.4 Å². The SMILES string of the molecule is Cc1cc(S(N)(=O)=O)sc1C(=O)NCCc1ccc(Cl)cc1. The Hall–Kier alpha value is -1.41. The fourth-order valence-electron chi connectivity index (χ4n) is 1.87. The smallest absolute Gasteiger partial charge is 0.261 e. The highest BCUT2D eigenvalue weighted by molar-refractivity contribution is 7.91. The van der Waals surface area contributed by atoms with Crippen LogP contribution in [0.2, 0.25) is 5.02 Å². The topological polar surface area (TPSA) is 89.3 Å². The van der Waals surface area contributed by atoms with E-state index in [-0.39, 0.29) is 10.1 Å². The highest BCUT2D eigenvalue weighted by Gasteiger charge is 2.18. The molecule has 0 bridgehead atoms. The minimum Gasteiger partial charge on any atom is -0.351 e. The van der Waals surface area contributed by atoms with Crippen molar-refractivity contribution in [2.24, 2.45) is 5.14 Å². The fourth-order valence-corrected chi connectivity index (χ4v) is 3.87. The molecule has 0 aliphatic heterocycles. The lowest BCUT2D eigenvalue weighted by molar-refractivity contribution is 0.0957. The van der Waals surface area contributed by atoms with E-state index in [0.29, 0.717) is 28.4 Å². The van der Waals surface area contributed by atoms with Gasteiger partial charge in [-0.1, -0.05) is 23.7 Å². The number of hydrogen-bond acceptors (Lipinski definition) is 4. The highest BCUT2D eigenvalue weighted by atomic mass is 35.5. The number of sulfonamides is 1. The van der Waals surface area contributed by atoms with Crippen LogP contribution in [0.1, 0.15) is 20.8 Å². The van der Waals surface area contributed by atoms with Crippen LogP contribution in [0.4, 0.5) is 0 Å². The van der Waals surface area contributed by atoms with Gasteiger partial charge >= 0.3 is 0 Å². The van der Waals surface area contributed by atoms with Crippen molar-refractivity contribution in [2.45, 2.75) is 17.6 Å². The molecule has 1 amide bonds. The van der Waals surface area contributed by atoms with Crippen LogP contribution >= 0.6 is 22.9 Å². The molecule has 0 aliphatic rings. The standard InChI is InChI=1S/C14H15ClN2O3S2/c1-9-8-12(22(16,19)20)21-13(9)14(18)17-7-6-10-2-4-11(15)5-3-10/h2-5,8H,6-7H2,1H3,(H,17,18)(H2,16,19,20). The van der Waals surface area contributed by atoms with E-state index in [1.54, 1.807) is 19.1 Å². The first-order valence-electron chi connectivity index (χ1n) is 6.43. The van der Waals surface area contributed by atoms with Crippen molar-refractivity contribution in [3.8, 4) is 0 Å². The predicted molar refractivity (Wildman–Crippen MR) is 87.9 cm³/mol. The summed E-state index contributed by atoms with van der Waals surface area (Å²) >= 11 is 6.69. The maximum atomic E-state index is 12.1. The van der Waals surface area contributed by atoms with Gasteiger partial charge in [-0.25, -0.2) is 13.6 Å². The molecule has 118 valence electrons. The summed E-state index contributed by atoms with van der Waals surface area (Å²) < 4.78 is 22.6. The van der Waals surface area contributed by atoms with Gasteiger partial charge in [-0.3, -0.25) is 4.79 Å². The van der Waals surface area contributed by atoms with Gasteiger partial charge in [0.15, 0.2) is 0 Å². The first kappa shape index (κ1) is 17.0. The van der Waals surface area contributed by atoms with E-state index in [2.05, 4.69) is 5.32 Å². The molecule has 0 radical (unpaired) electrons. The number of benzene rings is 1. The van der Waals surface area contributed by atoms with Crippen molar-refractivity contribution in [1.29, 1.82) is 0 Å². The van der Waals surface area contributed by atoms with Gasteiger partial charge in [0.25, 0.3) is 5.91 Å². The number of carbonyl (C=O) groups is 1. The Labute approximate surface area is 138 Å². The van der Waals surface area contributed by atoms with E-state index in [9.17, 15) is 13.2 Å². The molecule has 0 saturated heterocycles. The Bertz CT molecular complexity index is 783. The normalized spacial score (nSPS) is 11.4. The van der Waals surface area contributed by atoms with E-state index >= 15 is 0 Å². The molecule has 0 unspecified atom stereocenters. The second kappa shape index (κ2) is 6.78. The molecular weight excluding hydrogens is 344 g/mol. The van der Waals surface area contributed by atoms with Crippen LogP contribution in [0.25, 0.3) is 0 Å². The third-order valence-electron chi connectivity index (χ3n) is 2.99. The van der Waals surface area contributed by atoms with Crippen LogP contribution in [0.5, 0.6) is 0 Å². The molecule has 0 atom stereocenters. The van der Waals surface area contributed by atoms with Crippen LogP contribution < -0.4 is 10.5 Å². The van der Waals surface area contributed by atoms with Crippen LogP contribution in [0, 0.1) is 6.92 Å². The number of nitrogens with one attached hydrogen (secondary N) is 1. The summed E-state index contributed by atoms with van der Waals surface area (Å²) in [7, 11) is -3.78. The molecule has 0 spiro atoms. The lowest BCUT2D eigenvalue weighted by atomic mass is 10.1. The molecule has 2 rings (SSSR count). The van der Waals surface area contributed by atoms with E-state index in [1.165, 1.54) is 6.07 Å². The number of carbonyl (C=O) groups excluding carboxylic acids is 1. The molecular formula is C14H15ClN2O3S2. The van der Waals surface area contributed by atoms with Gasteiger partial charge < -0.3 is 5.32 Å². The average Bonchev–Trinajstić information content (AvgIpc) is 2.83. The number of amides is 1. The van der Waals surface area contributed by atoms with E-state index in [1.807, 2.05) is 12.1 Å². The van der Waals surface area contributed by atoms with E-state index < -0.39 is 10.0 Å². The third-order valence-corrected chi connectivity index (χ3v) is 5.90. The Balaban J connectivity index is 1.98. The summed E-state index contributed by atoms with van der Waals surface area (Å²) in [5.41, 5.74) is 1.65. The lowest BCUT2D eigenvalue weighted by Crippen LogP contribution is -2.25. The molecule has 2 aromatic rings. The van der Waals surface area contributed by atoms with Crippen molar-refractivity contribution in [3.63, 3.8) is 0 Å². The predicted octanol–water partition coefficient (Wildman–Crippen LogP) is 2.33. The van der Waals surface area contributed by atoms with Gasteiger partial charge in [0, 0.05) is 11.6 Å². The van der Waals surface area contributed by atoms with Crippen LogP contribution in [-0.4, -0.2) is 20.9 Å². The summed E-state index contributed by atoms with van der Waals surface area (Å²) in [4.78, 5) is 12.5. The summed E-state index contributed by atoms with van der Waals surface area (Å²) in [6, 6.07) is 8.78. The molecule has 1 aromatic heterocycles. The highest BCUT2D eigenvalue weighted by Crippen LogP contribution is 2.24. The largest absolute Gasteiger partial charge is 0.351 e. The van der Waals surface area contributed by atoms with E-state index in [4.69, 9.17) is 16.7 Å². The first-order valence-corrected chi connectivity index (χ1v) is 9.17. The summed E-state index contributed by atoms with van der Waals surface area (Å²) in [5.74, 6) is -0.300. The maximum absolute atomic E-state index is 12.1. The second-order valence-corrected chi connectivity index (χ2v) is 8.03. The Kier molecular flexibility index (Phi) is 5.23. The van der Waals surface area contributed by atoms with E-state index in [0.717, 1.165) is 16.9 Å². The molecule has 22 heavy (non-hydrogen) atoms. The quantitative estimate of drug-likeness (QED) is 0.859. The number of rotatable bonds is 5. The van der Waals surface area contributed by atoms with Gasteiger partial charge in [-0.2, -0.15) is 0 Å². The van der Waals surface area contributed by atoms with Gasteiger partial charge in [0.2, 0.25) is 10.0 Å². The molecule has 0 fully saturated rings. The molecule has 0 aliphatic carbocycles. The molecule has 3 N–H and O–H groups in total. The van der Waals surface area contributed by atoms with Crippen molar-refractivity contribution in [1.82, 2.24) is 5.32 Å². The zero-order valence-electron chi connectivity index (χ0n) is 11.8. The van der Waals surface area contributed by atoms with Gasteiger partial charge in [0.1, 0.15) is 4.21 Å². The minimum atomic E-state index is -3.78. The zero-order valence-corrected chi connectivity index (χ0v) is 14.2. The third kappa shape index (κ3) is 4.30. The fraction of sp³-hybridized carbons (Fsp3) is 0.214. The summed E-state index contributed by atoms with van der Waals surface area (Å²) in [6.07, 6.45) is 0.662. The van der Waals surface area contributed by atoms with Gasteiger partial charge in [0.05, 0.1) is 4.88 Å². The zero-order chi connectivity index (χ0) is 16.3. The Morgan fingerprint density at radius 2 is 1.95 bits per heavy atom. The second-order valence-electron chi connectivity index (χ2n) is 4.75. The summed E-state index contributed by atoms with van der Waals surface area (Å²) in [5, 5.41) is 8.50. The van der Waals surface area contributed by atoms with Crippen LogP contribution in [0.15, 0.2) is 34.5 Å². The monoisotopic (exact) mass is 358 g/mol. The number of halogens is 1. The number of hydrogen-bond donors (Lipinski definition) is 2. The molecule has 1 heterocycles.